The van der Waals surface area contributed by atoms with Crippen molar-refractivity contribution in [2.45, 2.75) is 5.16 Å². The quantitative estimate of drug-likeness (QED) is 0.851. The number of nitrogens with two attached hydrogens (primary N) is 1. The lowest BCUT2D eigenvalue weighted by Crippen LogP contribution is -2.13. The van der Waals surface area contributed by atoms with Gasteiger partial charge in [0.05, 0.1) is 5.56 Å². The molecule has 2 aromatic rings. The zero-order valence-corrected chi connectivity index (χ0v) is 9.76. The van der Waals surface area contributed by atoms with E-state index in [0.29, 0.717) is 0 Å². The SMILES string of the molecule is NS(=O)(=O)c1nc(-c2ccc(Cl)cc2F)n[nH]1. The molecule has 0 unspecified atom stereocenters. The molecular weight excluding hydrogens is 271 g/mol. The molecule has 9 heteroatoms. The van der Waals surface area contributed by atoms with Gasteiger partial charge in [0.25, 0.3) is 15.2 Å². The summed E-state index contributed by atoms with van der Waals surface area (Å²) in [5.41, 5.74) is 0.0283. The predicted octanol–water partition coefficient (Wildman–Crippen LogP) is 0.912. The number of aromatic amines is 1. The molecule has 2 rings (SSSR count). The molecular formula is C8H6ClFN4O2S. The van der Waals surface area contributed by atoms with Crippen LogP contribution in [0.2, 0.25) is 5.02 Å². The Kier molecular flexibility index (Phi) is 2.86. The average Bonchev–Trinajstić information content (AvgIpc) is 2.65. The Morgan fingerprint density at radius 1 is 1.41 bits per heavy atom. The van der Waals surface area contributed by atoms with Crippen molar-refractivity contribution < 1.29 is 12.8 Å². The molecule has 0 fully saturated rings. The number of H-pyrrole nitrogens is 1. The van der Waals surface area contributed by atoms with E-state index in [4.69, 9.17) is 16.7 Å². The van der Waals surface area contributed by atoms with E-state index in [1.54, 1.807) is 0 Å². The largest absolute Gasteiger partial charge is 0.273 e. The Balaban J connectivity index is 2.51. The van der Waals surface area contributed by atoms with E-state index >= 15 is 0 Å². The highest BCUT2D eigenvalue weighted by Crippen LogP contribution is 2.22. The summed E-state index contributed by atoms with van der Waals surface area (Å²) < 4.78 is 35.4. The zero-order chi connectivity index (χ0) is 12.6. The van der Waals surface area contributed by atoms with E-state index in [-0.39, 0.29) is 16.4 Å². The molecule has 17 heavy (non-hydrogen) atoms. The fraction of sp³-hybridized carbons (Fsp3) is 0. The summed E-state index contributed by atoms with van der Waals surface area (Å²) in [4.78, 5) is 3.58. The van der Waals surface area contributed by atoms with Crippen LogP contribution in [0.15, 0.2) is 23.4 Å². The first-order valence-corrected chi connectivity index (χ1v) is 6.21. The lowest BCUT2D eigenvalue weighted by molar-refractivity contribution is 0.589. The molecule has 90 valence electrons. The second-order valence-electron chi connectivity index (χ2n) is 3.13. The van der Waals surface area contributed by atoms with Gasteiger partial charge in [0, 0.05) is 5.02 Å². The summed E-state index contributed by atoms with van der Waals surface area (Å²) in [5.74, 6) is -0.763. The molecule has 0 spiro atoms. The topological polar surface area (TPSA) is 102 Å². The molecule has 0 saturated heterocycles. The van der Waals surface area contributed by atoms with Crippen LogP contribution in [0.5, 0.6) is 0 Å². The highest BCUT2D eigenvalue weighted by molar-refractivity contribution is 7.89. The van der Waals surface area contributed by atoms with E-state index in [0.717, 1.165) is 6.07 Å². The molecule has 0 bridgehead atoms. The van der Waals surface area contributed by atoms with Crippen molar-refractivity contribution in [2.75, 3.05) is 0 Å². The molecule has 1 aromatic heterocycles. The molecule has 1 aromatic carbocycles. The molecule has 0 aliphatic carbocycles. The summed E-state index contributed by atoms with van der Waals surface area (Å²) in [6.45, 7) is 0. The minimum atomic E-state index is -3.99. The number of rotatable bonds is 2. The van der Waals surface area contributed by atoms with Crippen LogP contribution in [0.1, 0.15) is 0 Å². The van der Waals surface area contributed by atoms with Gasteiger partial charge in [-0.25, -0.2) is 23.0 Å². The summed E-state index contributed by atoms with van der Waals surface area (Å²) in [6, 6.07) is 3.85. The maximum Gasteiger partial charge on any atom is 0.273 e. The average molecular weight is 277 g/mol. The first kappa shape index (κ1) is 12.0. The van der Waals surface area contributed by atoms with Crippen LogP contribution >= 0.6 is 11.6 Å². The van der Waals surface area contributed by atoms with Crippen LogP contribution in [0.3, 0.4) is 0 Å². The number of benzene rings is 1. The first-order valence-electron chi connectivity index (χ1n) is 4.28. The van der Waals surface area contributed by atoms with Crippen LogP contribution in [-0.2, 0) is 10.0 Å². The summed E-state index contributed by atoms with van der Waals surface area (Å²) in [5, 5.41) is 10.2. The Morgan fingerprint density at radius 2 is 2.12 bits per heavy atom. The van der Waals surface area contributed by atoms with Crippen LogP contribution in [0, 0.1) is 5.82 Å². The number of primary sulfonamides is 1. The number of halogens is 2. The van der Waals surface area contributed by atoms with Crippen molar-refractivity contribution in [3.63, 3.8) is 0 Å². The van der Waals surface area contributed by atoms with Gasteiger partial charge in [-0.3, -0.25) is 0 Å². The first-order chi connectivity index (χ1) is 7.88. The molecule has 6 nitrogen and oxygen atoms in total. The van der Waals surface area contributed by atoms with Gasteiger partial charge in [0.15, 0.2) is 5.82 Å². The molecule has 0 atom stereocenters. The van der Waals surface area contributed by atoms with Crippen LogP contribution in [0.4, 0.5) is 4.39 Å². The van der Waals surface area contributed by atoms with Gasteiger partial charge < -0.3 is 0 Å². The molecule has 3 N–H and O–H groups in total. The number of nitrogens with zero attached hydrogens (tertiary/aromatic N) is 2. The fourth-order valence-electron chi connectivity index (χ4n) is 1.17. The minimum absolute atomic E-state index is 0.0283. The van der Waals surface area contributed by atoms with Crippen molar-refractivity contribution >= 4 is 21.6 Å². The van der Waals surface area contributed by atoms with Crippen LogP contribution in [-0.4, -0.2) is 23.6 Å². The second kappa shape index (κ2) is 4.06. The fourth-order valence-corrected chi connectivity index (χ4v) is 1.71. The smallest absolute Gasteiger partial charge is 0.248 e. The standard InChI is InChI=1S/C8H6ClFN4O2S/c9-4-1-2-5(6(10)3-4)7-12-8(14-13-7)17(11,15)16/h1-3H,(H2,11,15,16)(H,12,13,14). The number of hydrogen-bond acceptors (Lipinski definition) is 4. The lowest BCUT2D eigenvalue weighted by Gasteiger charge is -1.97. The third-order valence-corrected chi connectivity index (χ3v) is 2.86. The van der Waals surface area contributed by atoms with E-state index in [1.807, 2.05) is 0 Å². The Morgan fingerprint density at radius 3 is 2.65 bits per heavy atom. The third-order valence-electron chi connectivity index (χ3n) is 1.91. The number of aromatic nitrogens is 3. The predicted molar refractivity (Wildman–Crippen MR) is 58.2 cm³/mol. The highest BCUT2D eigenvalue weighted by Gasteiger charge is 2.17. The van der Waals surface area contributed by atoms with E-state index in [9.17, 15) is 12.8 Å². The molecule has 0 amide bonds. The van der Waals surface area contributed by atoms with Gasteiger partial charge in [-0.05, 0) is 18.2 Å². The van der Waals surface area contributed by atoms with E-state index < -0.39 is 21.0 Å². The van der Waals surface area contributed by atoms with Gasteiger partial charge >= 0.3 is 0 Å². The zero-order valence-electron chi connectivity index (χ0n) is 8.18. The van der Waals surface area contributed by atoms with Crippen LogP contribution in [0.25, 0.3) is 11.4 Å². The maximum atomic E-state index is 13.5. The Hall–Kier alpha value is -1.51. The monoisotopic (exact) mass is 276 g/mol. The van der Waals surface area contributed by atoms with Gasteiger partial charge in [-0.1, -0.05) is 11.6 Å². The van der Waals surface area contributed by atoms with Crippen molar-refractivity contribution in [3.05, 3.63) is 29.0 Å². The highest BCUT2D eigenvalue weighted by atomic mass is 35.5. The third kappa shape index (κ3) is 2.43. The van der Waals surface area contributed by atoms with E-state index in [2.05, 4.69) is 15.2 Å². The normalized spacial score (nSPS) is 11.7. The Labute approximate surface area is 101 Å². The van der Waals surface area contributed by atoms with Crippen molar-refractivity contribution in [2.24, 2.45) is 5.14 Å². The molecule has 0 saturated carbocycles. The summed E-state index contributed by atoms with van der Waals surface area (Å²) >= 11 is 5.58. The van der Waals surface area contributed by atoms with Gasteiger partial charge in [-0.2, -0.15) is 10.1 Å². The number of nitrogens with one attached hydrogen (secondary N) is 1. The molecule has 0 aliphatic rings. The van der Waals surface area contributed by atoms with Gasteiger partial charge in [0.2, 0.25) is 0 Å². The number of sulfonamides is 1. The summed E-state index contributed by atoms with van der Waals surface area (Å²) in [7, 11) is -3.99. The molecule has 1 heterocycles. The van der Waals surface area contributed by atoms with Crippen molar-refractivity contribution in [1.82, 2.24) is 15.2 Å². The van der Waals surface area contributed by atoms with Gasteiger partial charge in [-0.15, -0.1) is 0 Å². The lowest BCUT2D eigenvalue weighted by atomic mass is 10.2. The number of hydrogen-bond donors (Lipinski definition) is 2. The van der Waals surface area contributed by atoms with E-state index in [1.165, 1.54) is 12.1 Å². The Bertz CT molecular complexity index is 670. The summed E-state index contributed by atoms with van der Waals surface area (Å²) in [6.07, 6.45) is 0. The maximum absolute atomic E-state index is 13.5. The second-order valence-corrected chi connectivity index (χ2v) is 5.05. The molecule has 0 radical (unpaired) electrons. The van der Waals surface area contributed by atoms with Crippen molar-refractivity contribution in [1.29, 1.82) is 0 Å². The molecule has 0 aliphatic heterocycles. The minimum Gasteiger partial charge on any atom is -0.248 e. The van der Waals surface area contributed by atoms with Gasteiger partial charge in [0.1, 0.15) is 5.82 Å². The van der Waals surface area contributed by atoms with Crippen molar-refractivity contribution in [3.8, 4) is 11.4 Å². The van der Waals surface area contributed by atoms with Crippen LogP contribution < -0.4 is 5.14 Å².